The molecule has 0 heterocycles. The van der Waals surface area contributed by atoms with E-state index in [9.17, 15) is 14.7 Å². The molecule has 0 bridgehead atoms. The first kappa shape index (κ1) is 12.6. The van der Waals surface area contributed by atoms with Crippen LogP contribution in [0, 0.1) is 0 Å². The molecule has 0 aromatic rings. The number of rotatable bonds is 6. The van der Waals surface area contributed by atoms with Crippen molar-refractivity contribution >= 4 is 11.8 Å². The Kier molecular flexibility index (Phi) is 5.48. The summed E-state index contributed by atoms with van der Waals surface area (Å²) in [5, 5.41) is 9.24. The summed E-state index contributed by atoms with van der Waals surface area (Å²) in [6.07, 6.45) is -0.0735. The minimum atomic E-state index is -0.983. The molecule has 0 radical (unpaired) electrons. The number of Topliss-reactive ketones (excluding diaryl/α,β-unsaturated/α-hetero) is 1. The van der Waals surface area contributed by atoms with E-state index in [4.69, 9.17) is 0 Å². The molecule has 1 unspecified atom stereocenters. The zero-order valence-electron chi connectivity index (χ0n) is 8.16. The third-order valence-corrected chi connectivity index (χ3v) is 1.48. The van der Waals surface area contributed by atoms with Crippen LogP contribution in [0.1, 0.15) is 13.3 Å². The van der Waals surface area contributed by atoms with Crippen LogP contribution in [0.25, 0.3) is 0 Å². The van der Waals surface area contributed by atoms with Crippen molar-refractivity contribution in [2.75, 3.05) is 6.61 Å². The number of esters is 1. The topological polar surface area (TPSA) is 63.6 Å². The molecule has 78 valence electrons. The van der Waals surface area contributed by atoms with Crippen molar-refractivity contribution in [3.05, 3.63) is 24.8 Å². The Morgan fingerprint density at radius 1 is 1.57 bits per heavy atom. The van der Waals surface area contributed by atoms with E-state index in [1.165, 1.54) is 0 Å². The van der Waals surface area contributed by atoms with Crippen LogP contribution < -0.4 is 0 Å². The molecule has 0 aliphatic carbocycles. The van der Waals surface area contributed by atoms with Gasteiger partial charge in [0.2, 0.25) is 0 Å². The molecular formula is C10H14O4. The Hall–Kier alpha value is -1.42. The first-order valence-electron chi connectivity index (χ1n) is 4.13. The first-order chi connectivity index (χ1) is 6.47. The van der Waals surface area contributed by atoms with Gasteiger partial charge in [-0.05, 0) is 12.5 Å². The van der Waals surface area contributed by atoms with Gasteiger partial charge in [-0.3, -0.25) is 4.79 Å². The van der Waals surface area contributed by atoms with Crippen molar-refractivity contribution in [2.45, 2.75) is 19.4 Å². The van der Waals surface area contributed by atoms with E-state index in [2.05, 4.69) is 17.9 Å². The van der Waals surface area contributed by atoms with Crippen LogP contribution in [0.4, 0.5) is 0 Å². The summed E-state index contributed by atoms with van der Waals surface area (Å²) < 4.78 is 4.54. The van der Waals surface area contributed by atoms with Crippen molar-refractivity contribution in [3.8, 4) is 0 Å². The van der Waals surface area contributed by atoms with Gasteiger partial charge in [0.1, 0.15) is 6.61 Å². The van der Waals surface area contributed by atoms with E-state index in [1.54, 1.807) is 6.92 Å². The maximum Gasteiger partial charge on any atom is 0.330 e. The van der Waals surface area contributed by atoms with E-state index < -0.39 is 12.1 Å². The maximum absolute atomic E-state index is 11.0. The lowest BCUT2D eigenvalue weighted by Gasteiger charge is -2.09. The predicted molar refractivity (Wildman–Crippen MR) is 51.6 cm³/mol. The molecule has 0 saturated carbocycles. The highest BCUT2D eigenvalue weighted by Gasteiger charge is 2.12. The summed E-state index contributed by atoms with van der Waals surface area (Å²) >= 11 is 0. The van der Waals surface area contributed by atoms with Crippen LogP contribution in [0.5, 0.6) is 0 Å². The van der Waals surface area contributed by atoms with E-state index >= 15 is 0 Å². The summed E-state index contributed by atoms with van der Waals surface area (Å²) in [4.78, 5) is 21.6. The van der Waals surface area contributed by atoms with Gasteiger partial charge in [-0.15, -0.1) is 0 Å². The molecule has 1 atom stereocenters. The van der Waals surface area contributed by atoms with Crippen LogP contribution in [0.3, 0.4) is 0 Å². The fraction of sp³-hybridized carbons (Fsp3) is 0.400. The number of hydrogen-bond acceptors (Lipinski definition) is 4. The Morgan fingerprint density at radius 3 is 2.57 bits per heavy atom. The number of carbonyl (C=O) groups excluding carboxylic acids is 2. The second-order valence-corrected chi connectivity index (χ2v) is 2.90. The van der Waals surface area contributed by atoms with Gasteiger partial charge >= 0.3 is 5.97 Å². The van der Waals surface area contributed by atoms with Crippen LogP contribution in [0.15, 0.2) is 24.8 Å². The molecule has 0 spiro atoms. The predicted octanol–water partition coefficient (Wildman–Crippen LogP) is 0.612. The van der Waals surface area contributed by atoms with Gasteiger partial charge in [-0.2, -0.15) is 0 Å². The minimum absolute atomic E-state index is 0.0836. The van der Waals surface area contributed by atoms with Gasteiger partial charge in [0.25, 0.3) is 0 Å². The molecular weight excluding hydrogens is 184 g/mol. The summed E-state index contributed by atoms with van der Waals surface area (Å²) in [7, 11) is 0. The van der Waals surface area contributed by atoms with Crippen molar-refractivity contribution in [1.29, 1.82) is 0 Å². The van der Waals surface area contributed by atoms with Gasteiger partial charge < -0.3 is 9.84 Å². The monoisotopic (exact) mass is 198 g/mol. The normalized spacial score (nSPS) is 11.6. The lowest BCUT2D eigenvalue weighted by Crippen LogP contribution is -2.21. The fourth-order valence-electron chi connectivity index (χ4n) is 0.684. The average molecular weight is 198 g/mol. The number of allylic oxidation sites excluding steroid dienone is 1. The van der Waals surface area contributed by atoms with Gasteiger partial charge in [0.05, 0.1) is 6.10 Å². The Bertz CT molecular complexity index is 255. The number of ketones is 1. The minimum Gasteiger partial charge on any atom is -0.460 e. The molecule has 0 aromatic heterocycles. The van der Waals surface area contributed by atoms with Gasteiger partial charge in [0.15, 0.2) is 5.78 Å². The van der Waals surface area contributed by atoms with Crippen LogP contribution in [0.2, 0.25) is 0 Å². The van der Waals surface area contributed by atoms with Gasteiger partial charge in [0, 0.05) is 12.5 Å². The summed E-state index contributed by atoms with van der Waals surface area (Å²) in [6.45, 7) is 7.98. The molecule has 0 aliphatic rings. The SMILES string of the molecule is C=CC(=O)OCC(O)CC(=O)C(=C)C. The molecule has 0 aromatic carbocycles. The smallest absolute Gasteiger partial charge is 0.330 e. The van der Waals surface area contributed by atoms with E-state index in [0.717, 1.165) is 6.08 Å². The standard InChI is InChI=1S/C10H14O4/c1-4-10(13)14-6-8(11)5-9(12)7(2)3/h4,8,11H,1-2,5-6H2,3H3. The zero-order chi connectivity index (χ0) is 11.1. The second kappa shape index (κ2) is 6.10. The summed E-state index contributed by atoms with van der Waals surface area (Å²) in [6, 6.07) is 0. The average Bonchev–Trinajstić information content (AvgIpc) is 2.13. The Morgan fingerprint density at radius 2 is 2.14 bits per heavy atom. The van der Waals surface area contributed by atoms with Crippen LogP contribution in [-0.2, 0) is 14.3 Å². The van der Waals surface area contributed by atoms with Crippen LogP contribution in [-0.4, -0.2) is 29.6 Å². The number of ether oxygens (including phenoxy) is 1. The first-order valence-corrected chi connectivity index (χ1v) is 4.13. The zero-order valence-corrected chi connectivity index (χ0v) is 8.16. The number of hydrogen-bond donors (Lipinski definition) is 1. The maximum atomic E-state index is 11.0. The highest BCUT2D eigenvalue weighted by molar-refractivity contribution is 5.94. The van der Waals surface area contributed by atoms with E-state index in [1.807, 2.05) is 0 Å². The van der Waals surface area contributed by atoms with Gasteiger partial charge in [-0.1, -0.05) is 13.2 Å². The molecule has 1 N–H and O–H groups in total. The molecule has 0 rings (SSSR count). The molecule has 4 nitrogen and oxygen atoms in total. The molecule has 0 amide bonds. The largest absolute Gasteiger partial charge is 0.460 e. The fourth-order valence-corrected chi connectivity index (χ4v) is 0.684. The number of carbonyl (C=O) groups is 2. The van der Waals surface area contributed by atoms with E-state index in [0.29, 0.717) is 5.57 Å². The second-order valence-electron chi connectivity index (χ2n) is 2.90. The molecule has 0 fully saturated rings. The Balaban J connectivity index is 3.81. The van der Waals surface area contributed by atoms with Crippen molar-refractivity contribution < 1.29 is 19.4 Å². The van der Waals surface area contributed by atoms with E-state index in [-0.39, 0.29) is 18.8 Å². The number of aliphatic hydroxyl groups excluding tert-OH is 1. The summed E-state index contributed by atoms with van der Waals surface area (Å²) in [5.74, 6) is -0.862. The van der Waals surface area contributed by atoms with Gasteiger partial charge in [-0.25, -0.2) is 4.79 Å². The molecule has 0 saturated heterocycles. The lowest BCUT2D eigenvalue weighted by molar-refractivity contribution is -0.141. The lowest BCUT2D eigenvalue weighted by atomic mass is 10.1. The quantitative estimate of drug-likeness (QED) is 0.501. The third-order valence-electron chi connectivity index (χ3n) is 1.48. The van der Waals surface area contributed by atoms with Crippen molar-refractivity contribution in [2.24, 2.45) is 0 Å². The molecule has 14 heavy (non-hydrogen) atoms. The molecule has 0 aliphatic heterocycles. The van der Waals surface area contributed by atoms with Crippen molar-refractivity contribution in [3.63, 3.8) is 0 Å². The third kappa shape index (κ3) is 5.27. The summed E-state index contributed by atoms with van der Waals surface area (Å²) in [5.41, 5.74) is 0.374. The Labute approximate surface area is 82.9 Å². The number of aliphatic hydroxyl groups is 1. The molecule has 4 heteroatoms. The highest BCUT2D eigenvalue weighted by atomic mass is 16.5. The highest BCUT2D eigenvalue weighted by Crippen LogP contribution is 2.01. The van der Waals surface area contributed by atoms with Crippen molar-refractivity contribution in [1.82, 2.24) is 0 Å². The van der Waals surface area contributed by atoms with Crippen LogP contribution >= 0.6 is 0 Å².